The normalized spacial score (nSPS) is 30.2. The second-order valence-corrected chi connectivity index (χ2v) is 15.9. The Morgan fingerprint density at radius 2 is 1.50 bits per heavy atom. The fraction of sp³-hybridized carbons (Fsp3) is 0.429. The summed E-state index contributed by atoms with van der Waals surface area (Å²) >= 11 is 0. The Balaban J connectivity index is 1.54. The maximum atomic E-state index is 6.94. The molecule has 0 spiro atoms. The average molecular weight is 447 g/mol. The summed E-state index contributed by atoms with van der Waals surface area (Å²) in [6.07, 6.45) is 0.755. The maximum Gasteiger partial charge on any atom is 0.283 e. The third kappa shape index (κ3) is 3.28. The third-order valence-electron chi connectivity index (χ3n) is 7.90. The second kappa shape index (κ2) is 7.26. The molecule has 0 amide bonds. The Hall–Kier alpha value is -1.98. The van der Waals surface area contributed by atoms with E-state index in [9.17, 15) is 0 Å². The fourth-order valence-electron chi connectivity index (χ4n) is 4.84. The minimum Gasteiger partial charge on any atom is -0.368 e. The van der Waals surface area contributed by atoms with E-state index in [4.69, 9.17) is 13.9 Å². The van der Waals surface area contributed by atoms with Crippen LogP contribution in [0.1, 0.15) is 57.5 Å². The molecule has 2 aliphatic heterocycles. The standard InChI is InChI=1S/C28H34O3Si/c1-26(2,3)32(5,6)31-28-27(4,19-24(29-28)21-13-8-7-9-14-21)25(30-28)23-17-16-20-12-10-11-15-22(20)18-23/h7-18,24-25H,19H2,1-6H3/t24-,25+,27+,28+/m0/s1. The van der Waals surface area contributed by atoms with Gasteiger partial charge in [0.2, 0.25) is 0 Å². The predicted octanol–water partition coefficient (Wildman–Crippen LogP) is 7.75. The molecule has 2 heterocycles. The van der Waals surface area contributed by atoms with Crippen molar-refractivity contribution >= 4 is 19.1 Å². The van der Waals surface area contributed by atoms with E-state index in [1.807, 2.05) is 6.07 Å². The Kier molecular flexibility index (Phi) is 4.95. The van der Waals surface area contributed by atoms with Crippen molar-refractivity contribution in [3.05, 3.63) is 83.9 Å². The van der Waals surface area contributed by atoms with Gasteiger partial charge in [0, 0.05) is 0 Å². The number of rotatable bonds is 4. The summed E-state index contributed by atoms with van der Waals surface area (Å²) in [5.74, 6) is -1.01. The van der Waals surface area contributed by atoms with Gasteiger partial charge in [0.15, 0.2) is 8.32 Å². The van der Waals surface area contributed by atoms with E-state index in [-0.39, 0.29) is 22.7 Å². The molecule has 5 rings (SSSR count). The molecule has 3 aromatic carbocycles. The molecule has 0 saturated carbocycles. The van der Waals surface area contributed by atoms with E-state index < -0.39 is 14.3 Å². The van der Waals surface area contributed by atoms with E-state index in [0.29, 0.717) is 0 Å². The zero-order valence-electron chi connectivity index (χ0n) is 20.0. The zero-order valence-corrected chi connectivity index (χ0v) is 21.0. The lowest BCUT2D eigenvalue weighted by Crippen LogP contribution is -2.66. The van der Waals surface area contributed by atoms with Crippen LogP contribution in [0.3, 0.4) is 0 Å². The molecule has 32 heavy (non-hydrogen) atoms. The van der Waals surface area contributed by atoms with Gasteiger partial charge in [0.25, 0.3) is 5.97 Å². The minimum absolute atomic E-state index is 0.0450. The van der Waals surface area contributed by atoms with E-state index in [2.05, 4.69) is 108 Å². The van der Waals surface area contributed by atoms with Crippen LogP contribution in [-0.2, 0) is 13.9 Å². The van der Waals surface area contributed by atoms with Crippen molar-refractivity contribution in [1.29, 1.82) is 0 Å². The van der Waals surface area contributed by atoms with Crippen molar-refractivity contribution in [2.75, 3.05) is 0 Å². The smallest absolute Gasteiger partial charge is 0.283 e. The van der Waals surface area contributed by atoms with Crippen LogP contribution in [0.4, 0.5) is 0 Å². The number of fused-ring (bicyclic) bond motifs is 2. The van der Waals surface area contributed by atoms with Crippen molar-refractivity contribution in [3.8, 4) is 0 Å². The van der Waals surface area contributed by atoms with Crippen LogP contribution in [0.5, 0.6) is 0 Å². The first-order chi connectivity index (χ1) is 15.0. The molecule has 0 unspecified atom stereocenters. The van der Waals surface area contributed by atoms with Gasteiger partial charge in [0.05, 0.1) is 11.5 Å². The van der Waals surface area contributed by atoms with Crippen molar-refractivity contribution in [3.63, 3.8) is 0 Å². The first-order valence-electron chi connectivity index (χ1n) is 11.6. The number of ether oxygens (including phenoxy) is 2. The molecule has 0 bridgehead atoms. The van der Waals surface area contributed by atoms with Gasteiger partial charge in [-0.15, -0.1) is 0 Å². The quantitative estimate of drug-likeness (QED) is 0.383. The summed E-state index contributed by atoms with van der Waals surface area (Å²) in [5.41, 5.74) is 2.10. The molecule has 2 saturated heterocycles. The van der Waals surface area contributed by atoms with Crippen LogP contribution in [0, 0.1) is 5.41 Å². The summed E-state index contributed by atoms with van der Waals surface area (Å²) in [5, 5.41) is 2.54. The molecule has 0 radical (unpaired) electrons. The van der Waals surface area contributed by atoms with Gasteiger partial charge in [0.1, 0.15) is 6.10 Å². The molecule has 0 aromatic heterocycles. The lowest BCUT2D eigenvalue weighted by Gasteiger charge is -2.59. The van der Waals surface area contributed by atoms with Gasteiger partial charge in [-0.3, -0.25) is 0 Å². The SMILES string of the molecule is CC(C)(C)[Si](C)(C)O[C@@]12O[C@H](c3ccccc3)C[C@]1(C)[C@@H](c1ccc3ccccc3c1)O2. The van der Waals surface area contributed by atoms with Gasteiger partial charge < -0.3 is 13.9 Å². The first kappa shape index (κ1) is 21.8. The zero-order chi connectivity index (χ0) is 22.8. The maximum absolute atomic E-state index is 6.94. The molecule has 3 nitrogen and oxygen atoms in total. The molecule has 4 atom stereocenters. The molecule has 168 valence electrons. The van der Waals surface area contributed by atoms with Crippen LogP contribution in [0.2, 0.25) is 18.1 Å². The fourth-order valence-corrected chi connectivity index (χ4v) is 6.15. The topological polar surface area (TPSA) is 27.7 Å². The Labute approximate surface area is 192 Å². The molecule has 4 heteroatoms. The minimum atomic E-state index is -2.13. The monoisotopic (exact) mass is 446 g/mol. The lowest BCUT2D eigenvalue weighted by molar-refractivity contribution is -0.484. The van der Waals surface area contributed by atoms with E-state index >= 15 is 0 Å². The highest BCUT2D eigenvalue weighted by molar-refractivity contribution is 6.74. The first-order valence-corrected chi connectivity index (χ1v) is 14.6. The van der Waals surface area contributed by atoms with E-state index in [1.165, 1.54) is 21.9 Å². The highest BCUT2D eigenvalue weighted by atomic mass is 28.4. The van der Waals surface area contributed by atoms with Gasteiger partial charge in [-0.2, -0.15) is 0 Å². The molecular formula is C28H34O3Si. The van der Waals surface area contributed by atoms with Crippen LogP contribution in [-0.4, -0.2) is 14.3 Å². The van der Waals surface area contributed by atoms with Crippen LogP contribution in [0.25, 0.3) is 10.8 Å². The molecule has 2 aliphatic rings. The summed E-state index contributed by atoms with van der Waals surface area (Å²) in [7, 11) is -2.13. The summed E-state index contributed by atoms with van der Waals surface area (Å²) in [6, 6.07) is 25.6. The summed E-state index contributed by atoms with van der Waals surface area (Å²) in [6.45, 7) is 13.6. The molecule has 0 N–H and O–H groups in total. The van der Waals surface area contributed by atoms with Gasteiger partial charge >= 0.3 is 0 Å². The lowest BCUT2D eigenvalue weighted by atomic mass is 9.71. The second-order valence-electron chi connectivity index (χ2n) is 11.2. The molecule has 2 fully saturated rings. The molecule has 0 aliphatic carbocycles. The van der Waals surface area contributed by atoms with E-state index in [0.717, 1.165) is 6.42 Å². The van der Waals surface area contributed by atoms with Crippen LogP contribution >= 0.6 is 0 Å². The van der Waals surface area contributed by atoms with Gasteiger partial charge in [-0.1, -0.05) is 87.5 Å². The van der Waals surface area contributed by atoms with Gasteiger partial charge in [-0.25, -0.2) is 0 Å². The molecular weight excluding hydrogens is 412 g/mol. The Morgan fingerprint density at radius 3 is 2.19 bits per heavy atom. The van der Waals surface area contributed by atoms with Crippen LogP contribution in [0.15, 0.2) is 72.8 Å². The largest absolute Gasteiger partial charge is 0.368 e. The van der Waals surface area contributed by atoms with Crippen molar-refractivity contribution < 1.29 is 13.9 Å². The Bertz CT molecular complexity index is 1140. The van der Waals surface area contributed by atoms with Crippen LogP contribution < -0.4 is 0 Å². The van der Waals surface area contributed by atoms with E-state index in [1.54, 1.807) is 0 Å². The third-order valence-corrected chi connectivity index (χ3v) is 12.3. The van der Waals surface area contributed by atoms with Gasteiger partial charge in [-0.05, 0) is 59.4 Å². The summed E-state index contributed by atoms with van der Waals surface area (Å²) < 4.78 is 20.3. The average Bonchev–Trinajstić information content (AvgIpc) is 2.96. The summed E-state index contributed by atoms with van der Waals surface area (Å²) in [4.78, 5) is 0. The van der Waals surface area contributed by atoms with Crippen molar-refractivity contribution in [2.45, 2.75) is 70.4 Å². The predicted molar refractivity (Wildman–Crippen MR) is 132 cm³/mol. The molecule has 3 aromatic rings. The van der Waals surface area contributed by atoms with Crippen molar-refractivity contribution in [2.24, 2.45) is 5.41 Å². The van der Waals surface area contributed by atoms with Crippen molar-refractivity contribution in [1.82, 2.24) is 0 Å². The number of hydrogen-bond acceptors (Lipinski definition) is 3. The Morgan fingerprint density at radius 1 is 0.844 bits per heavy atom. The highest BCUT2D eigenvalue weighted by Crippen LogP contribution is 2.69. The highest BCUT2D eigenvalue weighted by Gasteiger charge is 2.74. The number of benzene rings is 3. The number of hydrogen-bond donors (Lipinski definition) is 0.